The van der Waals surface area contributed by atoms with Crippen LogP contribution in [0.1, 0.15) is 18.6 Å². The molecule has 0 aliphatic carbocycles. The highest BCUT2D eigenvalue weighted by molar-refractivity contribution is 6.30. The fourth-order valence-corrected chi connectivity index (χ4v) is 1.54. The van der Waals surface area contributed by atoms with Crippen LogP contribution in [0.5, 0.6) is 5.75 Å². The van der Waals surface area contributed by atoms with Crippen molar-refractivity contribution in [2.75, 3.05) is 13.2 Å². The lowest BCUT2D eigenvalue weighted by Crippen LogP contribution is -2.29. The van der Waals surface area contributed by atoms with Gasteiger partial charge in [0.1, 0.15) is 5.75 Å². The molecule has 0 bridgehead atoms. The summed E-state index contributed by atoms with van der Waals surface area (Å²) in [7, 11) is 0. The van der Waals surface area contributed by atoms with Crippen molar-refractivity contribution in [3.63, 3.8) is 0 Å². The fraction of sp³-hybridized carbons (Fsp3) is 0.308. The van der Waals surface area contributed by atoms with Crippen molar-refractivity contribution in [3.8, 4) is 5.75 Å². The monoisotopic (exact) mass is 269 g/mol. The number of carbonyl (C=O) groups is 1. The third-order valence-corrected chi connectivity index (χ3v) is 2.46. The summed E-state index contributed by atoms with van der Waals surface area (Å²) >= 11 is 5.84. The molecule has 4 nitrogen and oxygen atoms in total. The number of benzene rings is 1. The Morgan fingerprint density at radius 3 is 3.00 bits per heavy atom. The van der Waals surface area contributed by atoms with Gasteiger partial charge in [-0.25, -0.2) is 0 Å². The van der Waals surface area contributed by atoms with E-state index in [9.17, 15) is 9.90 Å². The smallest absolute Gasteiger partial charge is 0.258 e. The van der Waals surface area contributed by atoms with E-state index in [1.807, 2.05) is 0 Å². The molecule has 98 valence electrons. The largest absolute Gasteiger partial charge is 0.483 e. The lowest BCUT2D eigenvalue weighted by molar-refractivity contribution is -0.122. The molecule has 5 heteroatoms. The Morgan fingerprint density at radius 1 is 1.67 bits per heavy atom. The van der Waals surface area contributed by atoms with Crippen LogP contribution in [0.2, 0.25) is 5.02 Å². The van der Waals surface area contributed by atoms with E-state index in [0.717, 1.165) is 0 Å². The molecule has 2 N–H and O–H groups in total. The summed E-state index contributed by atoms with van der Waals surface area (Å²) in [5.41, 5.74) is 0.555. The second kappa shape index (κ2) is 7.03. The summed E-state index contributed by atoms with van der Waals surface area (Å²) in [6.45, 7) is 5.38. The molecule has 0 unspecified atom stereocenters. The number of nitrogens with one attached hydrogen (secondary N) is 1. The highest BCUT2D eigenvalue weighted by Crippen LogP contribution is 2.28. The maximum Gasteiger partial charge on any atom is 0.258 e. The second-order valence-electron chi connectivity index (χ2n) is 3.74. The number of aliphatic hydroxyl groups is 1. The topological polar surface area (TPSA) is 58.6 Å². The average Bonchev–Trinajstić information content (AvgIpc) is 2.34. The van der Waals surface area contributed by atoms with Gasteiger partial charge in [0.2, 0.25) is 0 Å². The molecule has 1 atom stereocenters. The van der Waals surface area contributed by atoms with Crippen molar-refractivity contribution in [2.45, 2.75) is 13.0 Å². The summed E-state index contributed by atoms with van der Waals surface area (Å²) in [5.74, 6) is 0.199. The normalized spacial score (nSPS) is 11.7. The fourth-order valence-electron chi connectivity index (χ4n) is 1.36. The minimum absolute atomic E-state index is 0.116. The average molecular weight is 270 g/mol. The van der Waals surface area contributed by atoms with Crippen LogP contribution >= 0.6 is 11.6 Å². The zero-order chi connectivity index (χ0) is 13.5. The van der Waals surface area contributed by atoms with Crippen LogP contribution in [0.25, 0.3) is 0 Å². The summed E-state index contributed by atoms with van der Waals surface area (Å²) in [4.78, 5) is 11.4. The van der Waals surface area contributed by atoms with Gasteiger partial charge in [-0.15, -0.1) is 6.58 Å². The lowest BCUT2D eigenvalue weighted by atomic mass is 10.1. The van der Waals surface area contributed by atoms with E-state index in [2.05, 4.69) is 11.9 Å². The molecule has 1 aromatic carbocycles. The van der Waals surface area contributed by atoms with Gasteiger partial charge < -0.3 is 15.2 Å². The molecule has 0 aliphatic heterocycles. The van der Waals surface area contributed by atoms with Gasteiger partial charge in [-0.05, 0) is 25.1 Å². The van der Waals surface area contributed by atoms with Gasteiger partial charge in [-0.3, -0.25) is 4.79 Å². The van der Waals surface area contributed by atoms with E-state index in [1.165, 1.54) is 0 Å². The molecule has 1 rings (SSSR count). The number of halogens is 1. The molecule has 0 aromatic heterocycles. The number of aliphatic hydroxyl groups excluding tert-OH is 1. The molecular formula is C13H16ClNO3. The number of carbonyl (C=O) groups excluding carboxylic acids is 1. The van der Waals surface area contributed by atoms with Gasteiger partial charge in [0.25, 0.3) is 5.91 Å². The van der Waals surface area contributed by atoms with Crippen LogP contribution < -0.4 is 10.1 Å². The maximum absolute atomic E-state index is 11.4. The highest BCUT2D eigenvalue weighted by Gasteiger charge is 2.11. The van der Waals surface area contributed by atoms with Crippen LogP contribution in [-0.2, 0) is 4.79 Å². The van der Waals surface area contributed by atoms with Gasteiger partial charge >= 0.3 is 0 Å². The second-order valence-corrected chi connectivity index (χ2v) is 4.18. The number of hydrogen-bond donors (Lipinski definition) is 2. The molecule has 0 heterocycles. The van der Waals surface area contributed by atoms with Crippen molar-refractivity contribution in [1.82, 2.24) is 5.32 Å². The van der Waals surface area contributed by atoms with Crippen LogP contribution in [0.4, 0.5) is 0 Å². The van der Waals surface area contributed by atoms with E-state index in [4.69, 9.17) is 16.3 Å². The van der Waals surface area contributed by atoms with E-state index in [-0.39, 0.29) is 12.5 Å². The lowest BCUT2D eigenvalue weighted by Gasteiger charge is -2.13. The molecule has 1 amide bonds. The standard InChI is InChI=1S/C13H16ClNO3/c1-3-6-15-13(17)8-18-12-5-4-10(14)7-11(12)9(2)16/h3-5,7,9,16H,1,6,8H2,2H3,(H,15,17)/t9-/m1/s1. The maximum atomic E-state index is 11.4. The molecule has 0 aliphatic rings. The Kier molecular flexibility index (Phi) is 5.68. The van der Waals surface area contributed by atoms with Gasteiger partial charge in [0, 0.05) is 17.1 Å². The molecule has 0 saturated carbocycles. The van der Waals surface area contributed by atoms with Gasteiger partial charge in [0.15, 0.2) is 6.61 Å². The summed E-state index contributed by atoms with van der Waals surface area (Å²) < 4.78 is 5.35. The zero-order valence-corrected chi connectivity index (χ0v) is 10.9. The van der Waals surface area contributed by atoms with E-state index in [1.54, 1.807) is 31.2 Å². The number of amides is 1. The Hall–Kier alpha value is -1.52. The molecular weight excluding hydrogens is 254 g/mol. The minimum atomic E-state index is -0.713. The molecule has 0 spiro atoms. The minimum Gasteiger partial charge on any atom is -0.483 e. The zero-order valence-electron chi connectivity index (χ0n) is 10.1. The highest BCUT2D eigenvalue weighted by atomic mass is 35.5. The van der Waals surface area contributed by atoms with Crippen molar-refractivity contribution >= 4 is 17.5 Å². The molecule has 18 heavy (non-hydrogen) atoms. The number of hydrogen-bond acceptors (Lipinski definition) is 3. The first-order valence-corrected chi connectivity index (χ1v) is 5.90. The Bertz CT molecular complexity index is 432. The van der Waals surface area contributed by atoms with Crippen molar-refractivity contribution in [3.05, 3.63) is 41.4 Å². The molecule has 0 saturated heterocycles. The Morgan fingerprint density at radius 2 is 2.39 bits per heavy atom. The first-order chi connectivity index (χ1) is 8.54. The third-order valence-electron chi connectivity index (χ3n) is 2.22. The van der Waals surface area contributed by atoms with Gasteiger partial charge in [0.05, 0.1) is 6.10 Å². The van der Waals surface area contributed by atoms with Crippen molar-refractivity contribution in [2.24, 2.45) is 0 Å². The summed E-state index contributed by atoms with van der Waals surface area (Å²) in [6, 6.07) is 4.89. The first-order valence-electron chi connectivity index (χ1n) is 5.52. The first kappa shape index (κ1) is 14.5. The molecule has 0 radical (unpaired) electrons. The van der Waals surface area contributed by atoms with Crippen LogP contribution in [0.3, 0.4) is 0 Å². The van der Waals surface area contributed by atoms with Gasteiger partial charge in [-0.2, -0.15) is 0 Å². The predicted molar refractivity (Wildman–Crippen MR) is 70.8 cm³/mol. The molecule has 1 aromatic rings. The van der Waals surface area contributed by atoms with Crippen molar-refractivity contribution < 1.29 is 14.6 Å². The van der Waals surface area contributed by atoms with E-state index >= 15 is 0 Å². The van der Waals surface area contributed by atoms with Crippen LogP contribution in [0, 0.1) is 0 Å². The Balaban J connectivity index is 2.66. The van der Waals surface area contributed by atoms with Gasteiger partial charge in [-0.1, -0.05) is 17.7 Å². The quantitative estimate of drug-likeness (QED) is 0.778. The SMILES string of the molecule is C=CCNC(=O)COc1ccc(Cl)cc1[C@@H](C)O. The molecule has 0 fully saturated rings. The van der Waals surface area contributed by atoms with Crippen LogP contribution in [-0.4, -0.2) is 24.2 Å². The summed E-state index contributed by atoms with van der Waals surface area (Å²) in [5, 5.41) is 12.7. The predicted octanol–water partition coefficient (Wildman–Crippen LogP) is 2.07. The van der Waals surface area contributed by atoms with E-state index < -0.39 is 6.10 Å². The van der Waals surface area contributed by atoms with Crippen molar-refractivity contribution in [1.29, 1.82) is 0 Å². The number of ether oxygens (including phenoxy) is 1. The third kappa shape index (κ3) is 4.39. The summed E-state index contributed by atoms with van der Waals surface area (Å²) in [6.07, 6.45) is 0.872. The van der Waals surface area contributed by atoms with Crippen LogP contribution in [0.15, 0.2) is 30.9 Å². The number of rotatable bonds is 6. The Labute approximate surface area is 111 Å². The van der Waals surface area contributed by atoms with E-state index in [0.29, 0.717) is 22.9 Å².